The van der Waals surface area contributed by atoms with Gasteiger partial charge >= 0.3 is 0 Å². The van der Waals surface area contributed by atoms with Crippen molar-refractivity contribution in [3.8, 4) is 5.75 Å². The van der Waals surface area contributed by atoms with Crippen LogP contribution < -0.4 is 10.5 Å². The van der Waals surface area contributed by atoms with Crippen LogP contribution in [-0.2, 0) is 6.54 Å². The summed E-state index contributed by atoms with van der Waals surface area (Å²) >= 11 is 0. The van der Waals surface area contributed by atoms with Gasteiger partial charge in [-0.2, -0.15) is 0 Å². The monoisotopic (exact) mass is 182 g/mol. The molecule has 1 aromatic rings. The zero-order chi connectivity index (χ0) is 9.84. The molecule has 0 heterocycles. The SMILES string of the molecule is COc1cc([N+](=O)[O-])ccc1CN. The van der Waals surface area contributed by atoms with Crippen molar-refractivity contribution in [2.45, 2.75) is 6.54 Å². The number of hydrogen-bond acceptors (Lipinski definition) is 4. The van der Waals surface area contributed by atoms with Crippen molar-refractivity contribution in [1.82, 2.24) is 0 Å². The maximum atomic E-state index is 10.4. The fourth-order valence-corrected chi connectivity index (χ4v) is 1.02. The summed E-state index contributed by atoms with van der Waals surface area (Å²) in [4.78, 5) is 9.92. The van der Waals surface area contributed by atoms with Gasteiger partial charge in [-0.1, -0.05) is 0 Å². The molecule has 0 spiro atoms. The highest BCUT2D eigenvalue weighted by Crippen LogP contribution is 2.23. The molecular formula is C8H10N2O3. The molecule has 5 nitrogen and oxygen atoms in total. The van der Waals surface area contributed by atoms with E-state index in [2.05, 4.69) is 0 Å². The van der Waals surface area contributed by atoms with Crippen LogP contribution in [0.2, 0.25) is 0 Å². The molecule has 1 aromatic carbocycles. The van der Waals surface area contributed by atoms with E-state index in [9.17, 15) is 10.1 Å². The molecule has 0 radical (unpaired) electrons. The summed E-state index contributed by atoms with van der Waals surface area (Å²) in [5.74, 6) is 0.455. The Labute approximate surface area is 75.3 Å². The number of nitrogens with zero attached hydrogens (tertiary/aromatic N) is 1. The molecule has 5 heteroatoms. The summed E-state index contributed by atoms with van der Waals surface area (Å²) in [6, 6.07) is 4.36. The van der Waals surface area contributed by atoms with Gasteiger partial charge in [-0.05, 0) is 6.07 Å². The van der Waals surface area contributed by atoms with Gasteiger partial charge < -0.3 is 10.5 Å². The lowest BCUT2D eigenvalue weighted by Crippen LogP contribution is -2.00. The molecule has 0 fully saturated rings. The summed E-state index contributed by atoms with van der Waals surface area (Å²) < 4.78 is 4.94. The molecule has 0 unspecified atom stereocenters. The average molecular weight is 182 g/mol. The normalized spacial score (nSPS) is 9.69. The first-order valence-corrected chi connectivity index (χ1v) is 3.70. The predicted octanol–water partition coefficient (Wildman–Crippen LogP) is 1.06. The van der Waals surface area contributed by atoms with Crippen LogP contribution in [0.5, 0.6) is 5.75 Å². The van der Waals surface area contributed by atoms with Gasteiger partial charge in [0.15, 0.2) is 0 Å². The Hall–Kier alpha value is -1.62. The number of ether oxygens (including phenoxy) is 1. The van der Waals surface area contributed by atoms with Gasteiger partial charge in [0.05, 0.1) is 18.1 Å². The van der Waals surface area contributed by atoms with Crippen molar-refractivity contribution < 1.29 is 9.66 Å². The van der Waals surface area contributed by atoms with Crippen molar-refractivity contribution in [2.75, 3.05) is 7.11 Å². The Kier molecular flexibility index (Phi) is 2.81. The first kappa shape index (κ1) is 9.47. The molecule has 13 heavy (non-hydrogen) atoms. The number of benzene rings is 1. The van der Waals surface area contributed by atoms with E-state index in [1.807, 2.05) is 0 Å². The van der Waals surface area contributed by atoms with E-state index in [4.69, 9.17) is 10.5 Å². The van der Waals surface area contributed by atoms with Crippen LogP contribution in [0.25, 0.3) is 0 Å². The zero-order valence-corrected chi connectivity index (χ0v) is 7.19. The van der Waals surface area contributed by atoms with Crippen LogP contribution in [0.3, 0.4) is 0 Å². The van der Waals surface area contributed by atoms with Crippen LogP contribution in [0.4, 0.5) is 5.69 Å². The van der Waals surface area contributed by atoms with Gasteiger partial charge in [0.1, 0.15) is 5.75 Å². The van der Waals surface area contributed by atoms with Crippen LogP contribution in [0, 0.1) is 10.1 Å². The Morgan fingerprint density at radius 1 is 1.62 bits per heavy atom. The number of non-ortho nitro benzene ring substituents is 1. The highest BCUT2D eigenvalue weighted by atomic mass is 16.6. The van der Waals surface area contributed by atoms with E-state index in [1.54, 1.807) is 6.07 Å². The third kappa shape index (κ3) is 1.94. The molecule has 0 bridgehead atoms. The highest BCUT2D eigenvalue weighted by Gasteiger charge is 2.09. The molecule has 0 atom stereocenters. The van der Waals surface area contributed by atoms with Crippen molar-refractivity contribution in [2.24, 2.45) is 5.73 Å². The van der Waals surface area contributed by atoms with Crippen LogP contribution in [0.1, 0.15) is 5.56 Å². The van der Waals surface area contributed by atoms with E-state index in [1.165, 1.54) is 19.2 Å². The van der Waals surface area contributed by atoms with E-state index >= 15 is 0 Å². The molecule has 0 aromatic heterocycles. The van der Waals surface area contributed by atoms with Crippen molar-refractivity contribution in [1.29, 1.82) is 0 Å². The van der Waals surface area contributed by atoms with Gasteiger partial charge in [-0.15, -0.1) is 0 Å². The minimum Gasteiger partial charge on any atom is -0.496 e. The third-order valence-corrected chi connectivity index (χ3v) is 1.70. The van der Waals surface area contributed by atoms with Gasteiger partial charge in [0.2, 0.25) is 0 Å². The Balaban J connectivity index is 3.13. The minimum atomic E-state index is -0.469. The topological polar surface area (TPSA) is 78.4 Å². The summed E-state index contributed by atoms with van der Waals surface area (Å²) in [5.41, 5.74) is 6.17. The number of nitro benzene ring substituents is 1. The lowest BCUT2D eigenvalue weighted by molar-refractivity contribution is -0.384. The van der Waals surface area contributed by atoms with E-state index in [0.29, 0.717) is 12.3 Å². The number of methoxy groups -OCH3 is 1. The molecule has 0 amide bonds. The highest BCUT2D eigenvalue weighted by molar-refractivity contribution is 5.44. The molecule has 2 N–H and O–H groups in total. The average Bonchev–Trinajstić information content (AvgIpc) is 2.16. The number of nitrogens with two attached hydrogens (primary N) is 1. The first-order chi connectivity index (χ1) is 6.19. The summed E-state index contributed by atoms with van der Waals surface area (Å²) in [5, 5.41) is 10.4. The molecular weight excluding hydrogens is 172 g/mol. The summed E-state index contributed by atoms with van der Waals surface area (Å²) in [7, 11) is 1.46. The fraction of sp³-hybridized carbons (Fsp3) is 0.250. The predicted molar refractivity (Wildman–Crippen MR) is 47.5 cm³/mol. The second-order valence-corrected chi connectivity index (χ2v) is 2.46. The summed E-state index contributed by atoms with van der Waals surface area (Å²) in [6.07, 6.45) is 0. The zero-order valence-electron chi connectivity index (χ0n) is 7.19. The Bertz CT molecular complexity index is 325. The number of nitro groups is 1. The third-order valence-electron chi connectivity index (χ3n) is 1.70. The van der Waals surface area contributed by atoms with E-state index in [0.717, 1.165) is 5.56 Å². The van der Waals surface area contributed by atoms with Gasteiger partial charge in [0.25, 0.3) is 5.69 Å². The quantitative estimate of drug-likeness (QED) is 0.560. The molecule has 0 aliphatic carbocycles. The van der Waals surface area contributed by atoms with Crippen LogP contribution in [-0.4, -0.2) is 12.0 Å². The lowest BCUT2D eigenvalue weighted by atomic mass is 10.2. The van der Waals surface area contributed by atoms with E-state index in [-0.39, 0.29) is 5.69 Å². The largest absolute Gasteiger partial charge is 0.496 e. The van der Waals surface area contributed by atoms with Crippen molar-refractivity contribution >= 4 is 5.69 Å². The Morgan fingerprint density at radius 3 is 2.77 bits per heavy atom. The maximum Gasteiger partial charge on any atom is 0.273 e. The van der Waals surface area contributed by atoms with Crippen LogP contribution in [0.15, 0.2) is 18.2 Å². The molecule has 0 aliphatic heterocycles. The molecule has 70 valence electrons. The minimum absolute atomic E-state index is 0.00838. The molecule has 0 saturated heterocycles. The molecule has 0 saturated carbocycles. The maximum absolute atomic E-state index is 10.4. The molecule has 1 rings (SSSR count). The smallest absolute Gasteiger partial charge is 0.273 e. The number of hydrogen-bond donors (Lipinski definition) is 1. The number of rotatable bonds is 3. The summed E-state index contributed by atoms with van der Waals surface area (Å²) in [6.45, 7) is 0.307. The van der Waals surface area contributed by atoms with Crippen molar-refractivity contribution in [3.63, 3.8) is 0 Å². The van der Waals surface area contributed by atoms with Crippen molar-refractivity contribution in [3.05, 3.63) is 33.9 Å². The first-order valence-electron chi connectivity index (χ1n) is 3.70. The van der Waals surface area contributed by atoms with E-state index < -0.39 is 4.92 Å². The van der Waals surface area contributed by atoms with Gasteiger partial charge in [-0.25, -0.2) is 0 Å². The molecule has 0 aliphatic rings. The fourth-order valence-electron chi connectivity index (χ4n) is 1.02. The second-order valence-electron chi connectivity index (χ2n) is 2.46. The second kappa shape index (κ2) is 3.86. The van der Waals surface area contributed by atoms with Gasteiger partial charge in [-0.3, -0.25) is 10.1 Å². The Morgan fingerprint density at radius 2 is 2.31 bits per heavy atom. The standard InChI is InChI=1S/C8H10N2O3/c1-13-8-4-7(10(11)12)3-2-6(8)5-9/h2-4H,5,9H2,1H3. The van der Waals surface area contributed by atoms with Crippen LogP contribution >= 0.6 is 0 Å². The lowest BCUT2D eigenvalue weighted by Gasteiger charge is -2.04. The van der Waals surface area contributed by atoms with Gasteiger partial charge in [0, 0.05) is 18.2 Å².